The van der Waals surface area contributed by atoms with Gasteiger partial charge in [-0.3, -0.25) is 9.59 Å². The number of hydrogen-bond acceptors (Lipinski definition) is 5. The third-order valence-corrected chi connectivity index (χ3v) is 1.55. The Kier molecular flexibility index (Phi) is 6.74. The van der Waals surface area contributed by atoms with Crippen LogP contribution in [0.4, 0.5) is 0 Å². The molecule has 0 aromatic carbocycles. The maximum absolute atomic E-state index is 11.0. The van der Waals surface area contributed by atoms with Gasteiger partial charge in [-0.1, -0.05) is 6.92 Å². The lowest BCUT2D eigenvalue weighted by atomic mass is 10.2. The second-order valence-electron chi connectivity index (χ2n) is 2.71. The van der Waals surface area contributed by atoms with Gasteiger partial charge in [0.1, 0.15) is 6.10 Å². The Balaban J connectivity index is 3.89. The van der Waals surface area contributed by atoms with E-state index in [2.05, 4.69) is 0 Å². The first-order valence-electron chi connectivity index (χ1n) is 4.69. The number of ether oxygens (including phenoxy) is 2. The minimum absolute atomic E-state index is 0.0239. The summed E-state index contributed by atoms with van der Waals surface area (Å²) < 4.78 is 9.60. The van der Waals surface area contributed by atoms with Gasteiger partial charge in [0.25, 0.3) is 0 Å². The molecule has 0 bridgehead atoms. The van der Waals surface area contributed by atoms with Crippen LogP contribution in [0.5, 0.6) is 0 Å². The first-order chi connectivity index (χ1) is 6.63. The third kappa shape index (κ3) is 5.53. The zero-order valence-corrected chi connectivity index (χ0v) is 8.62. The van der Waals surface area contributed by atoms with Crippen molar-refractivity contribution in [1.29, 1.82) is 0 Å². The van der Waals surface area contributed by atoms with Crippen LogP contribution in [0.3, 0.4) is 0 Å². The predicted molar refractivity (Wildman–Crippen MR) is 50.5 cm³/mol. The summed E-state index contributed by atoms with van der Waals surface area (Å²) in [5.41, 5.74) is 5.34. The molecule has 0 unspecified atom stereocenters. The van der Waals surface area contributed by atoms with Gasteiger partial charge in [-0.25, -0.2) is 0 Å². The van der Waals surface area contributed by atoms with Crippen molar-refractivity contribution in [2.24, 2.45) is 5.73 Å². The Hall–Kier alpha value is -1.10. The fourth-order valence-electron chi connectivity index (χ4n) is 0.848. The van der Waals surface area contributed by atoms with E-state index < -0.39 is 12.1 Å². The number of hydrogen-bond donors (Lipinski definition) is 1. The molecule has 82 valence electrons. The molecule has 5 heteroatoms. The van der Waals surface area contributed by atoms with Crippen molar-refractivity contribution in [3.05, 3.63) is 0 Å². The summed E-state index contributed by atoms with van der Waals surface area (Å²) in [4.78, 5) is 21.9. The normalized spacial score (nSPS) is 11.9. The number of rotatable bonds is 6. The summed E-state index contributed by atoms with van der Waals surface area (Å²) in [6, 6.07) is 0. The molecule has 0 aromatic heterocycles. The van der Waals surface area contributed by atoms with Gasteiger partial charge in [-0.2, -0.15) is 0 Å². The quantitative estimate of drug-likeness (QED) is 0.625. The second-order valence-corrected chi connectivity index (χ2v) is 2.71. The summed E-state index contributed by atoms with van der Waals surface area (Å²) in [5, 5.41) is 0. The lowest BCUT2D eigenvalue weighted by Gasteiger charge is -2.14. The van der Waals surface area contributed by atoms with Crippen LogP contribution < -0.4 is 5.73 Å². The van der Waals surface area contributed by atoms with E-state index in [1.54, 1.807) is 13.8 Å². The minimum atomic E-state index is -0.568. The SMILES string of the molecule is CCOC(=O)C[C@H](CN)OC(=O)CC. The molecule has 0 rings (SSSR count). The predicted octanol–water partition coefficient (Wildman–Crippen LogP) is 0.220. The molecule has 0 aliphatic rings. The van der Waals surface area contributed by atoms with E-state index in [9.17, 15) is 9.59 Å². The molecule has 0 saturated carbocycles. The number of nitrogens with two attached hydrogens (primary N) is 1. The van der Waals surface area contributed by atoms with E-state index in [-0.39, 0.29) is 25.4 Å². The lowest BCUT2D eigenvalue weighted by molar-refractivity contribution is -0.154. The highest BCUT2D eigenvalue weighted by Crippen LogP contribution is 2.01. The molecule has 0 fully saturated rings. The van der Waals surface area contributed by atoms with Gasteiger partial charge >= 0.3 is 11.9 Å². The molecule has 0 spiro atoms. The van der Waals surface area contributed by atoms with E-state index in [4.69, 9.17) is 15.2 Å². The summed E-state index contributed by atoms with van der Waals surface area (Å²) >= 11 is 0. The Labute approximate surface area is 83.5 Å². The maximum Gasteiger partial charge on any atom is 0.309 e. The Morgan fingerprint density at radius 1 is 1.29 bits per heavy atom. The van der Waals surface area contributed by atoms with Crippen molar-refractivity contribution in [2.45, 2.75) is 32.8 Å². The smallest absolute Gasteiger partial charge is 0.309 e. The topological polar surface area (TPSA) is 78.6 Å². The van der Waals surface area contributed by atoms with Crippen molar-refractivity contribution < 1.29 is 19.1 Å². The van der Waals surface area contributed by atoms with Gasteiger partial charge in [0.2, 0.25) is 0 Å². The molecule has 5 nitrogen and oxygen atoms in total. The van der Waals surface area contributed by atoms with Crippen molar-refractivity contribution in [1.82, 2.24) is 0 Å². The zero-order chi connectivity index (χ0) is 11.0. The Morgan fingerprint density at radius 3 is 2.36 bits per heavy atom. The van der Waals surface area contributed by atoms with Gasteiger partial charge in [0.05, 0.1) is 13.0 Å². The fraction of sp³-hybridized carbons (Fsp3) is 0.778. The van der Waals surface area contributed by atoms with Crippen LogP contribution in [0, 0.1) is 0 Å². The van der Waals surface area contributed by atoms with Crippen molar-refractivity contribution in [2.75, 3.05) is 13.2 Å². The monoisotopic (exact) mass is 203 g/mol. The van der Waals surface area contributed by atoms with Gasteiger partial charge < -0.3 is 15.2 Å². The standard InChI is InChI=1S/C9H17NO4/c1-3-8(11)14-7(6-10)5-9(12)13-4-2/h7H,3-6,10H2,1-2H3/t7-/m1/s1. The second kappa shape index (κ2) is 7.32. The van der Waals surface area contributed by atoms with E-state index in [1.807, 2.05) is 0 Å². The summed E-state index contributed by atoms with van der Waals surface area (Å²) in [7, 11) is 0. The number of carbonyl (C=O) groups excluding carboxylic acids is 2. The summed E-state index contributed by atoms with van der Waals surface area (Å²) in [6.07, 6.45) is -0.267. The molecule has 0 aromatic rings. The Bertz CT molecular complexity index is 193. The fourth-order valence-corrected chi connectivity index (χ4v) is 0.848. The van der Waals surface area contributed by atoms with E-state index in [0.717, 1.165) is 0 Å². The first-order valence-corrected chi connectivity index (χ1v) is 4.69. The van der Waals surface area contributed by atoms with Gasteiger partial charge in [0.15, 0.2) is 0 Å². The molecule has 1 atom stereocenters. The molecule has 0 aliphatic heterocycles. The molecule has 0 amide bonds. The summed E-state index contributed by atoms with van der Waals surface area (Å²) in [5.74, 6) is -0.753. The number of esters is 2. The van der Waals surface area contributed by atoms with Crippen LogP contribution >= 0.6 is 0 Å². The van der Waals surface area contributed by atoms with Crippen LogP contribution in [0.1, 0.15) is 26.7 Å². The molecular formula is C9H17NO4. The first kappa shape index (κ1) is 12.9. The third-order valence-electron chi connectivity index (χ3n) is 1.55. The van der Waals surface area contributed by atoms with Gasteiger partial charge in [-0.15, -0.1) is 0 Å². The van der Waals surface area contributed by atoms with Crippen LogP contribution in [0.25, 0.3) is 0 Å². The highest BCUT2D eigenvalue weighted by Gasteiger charge is 2.16. The average molecular weight is 203 g/mol. The van der Waals surface area contributed by atoms with E-state index in [0.29, 0.717) is 6.61 Å². The lowest BCUT2D eigenvalue weighted by Crippen LogP contribution is -2.29. The number of carbonyl (C=O) groups is 2. The van der Waals surface area contributed by atoms with Gasteiger partial charge in [0, 0.05) is 13.0 Å². The molecule has 0 saturated heterocycles. The van der Waals surface area contributed by atoms with E-state index in [1.165, 1.54) is 0 Å². The van der Waals surface area contributed by atoms with Crippen molar-refractivity contribution in [3.63, 3.8) is 0 Å². The largest absolute Gasteiger partial charge is 0.466 e. The Morgan fingerprint density at radius 2 is 1.93 bits per heavy atom. The van der Waals surface area contributed by atoms with E-state index >= 15 is 0 Å². The van der Waals surface area contributed by atoms with Crippen LogP contribution in [-0.4, -0.2) is 31.2 Å². The minimum Gasteiger partial charge on any atom is -0.466 e. The summed E-state index contributed by atoms with van der Waals surface area (Å²) in [6.45, 7) is 3.84. The van der Waals surface area contributed by atoms with Crippen LogP contribution in [0.15, 0.2) is 0 Å². The average Bonchev–Trinajstić information content (AvgIpc) is 2.16. The van der Waals surface area contributed by atoms with Crippen molar-refractivity contribution >= 4 is 11.9 Å². The van der Waals surface area contributed by atoms with Crippen LogP contribution in [0.2, 0.25) is 0 Å². The molecular weight excluding hydrogens is 186 g/mol. The molecule has 14 heavy (non-hydrogen) atoms. The van der Waals surface area contributed by atoms with Gasteiger partial charge in [-0.05, 0) is 6.92 Å². The van der Waals surface area contributed by atoms with Crippen LogP contribution in [-0.2, 0) is 19.1 Å². The molecule has 0 heterocycles. The molecule has 0 aliphatic carbocycles. The highest BCUT2D eigenvalue weighted by atomic mass is 16.6. The van der Waals surface area contributed by atoms with Crippen molar-refractivity contribution in [3.8, 4) is 0 Å². The molecule has 0 radical (unpaired) electrons. The maximum atomic E-state index is 11.0. The molecule has 2 N–H and O–H groups in total. The zero-order valence-electron chi connectivity index (χ0n) is 8.62. The highest BCUT2D eigenvalue weighted by molar-refractivity contribution is 5.72.